The lowest BCUT2D eigenvalue weighted by molar-refractivity contribution is 0.540. The van der Waals surface area contributed by atoms with E-state index in [9.17, 15) is 0 Å². The fourth-order valence-electron chi connectivity index (χ4n) is 2.48. The maximum absolute atomic E-state index is 4.28. The third kappa shape index (κ3) is 3.95. The largest absolute Gasteiger partial charge is 0.368 e. The van der Waals surface area contributed by atoms with Gasteiger partial charge in [-0.05, 0) is 47.3 Å². The topological polar surface area (TPSA) is 28.2 Å². The first kappa shape index (κ1) is 13.8. The van der Waals surface area contributed by atoms with Crippen LogP contribution in [0.3, 0.4) is 0 Å². The van der Waals surface area contributed by atoms with Crippen molar-refractivity contribution in [2.24, 2.45) is 5.92 Å². The molecule has 0 bridgehead atoms. The van der Waals surface area contributed by atoms with Crippen LogP contribution in [-0.4, -0.2) is 30.7 Å². The van der Waals surface area contributed by atoms with Crippen LogP contribution in [0.1, 0.15) is 26.7 Å². The standard InChI is InChI=1S/C14H22BrN3/c1-11(2)9-18(10-13-4-3-5-17-13)14-6-12(15)7-16-8-14/h6-8,11,13,17H,3-5,9-10H2,1-2H3. The highest BCUT2D eigenvalue weighted by molar-refractivity contribution is 9.10. The summed E-state index contributed by atoms with van der Waals surface area (Å²) in [6, 6.07) is 2.78. The molecule has 0 radical (unpaired) electrons. The average Bonchev–Trinajstić information content (AvgIpc) is 2.80. The normalized spacial score (nSPS) is 19.4. The summed E-state index contributed by atoms with van der Waals surface area (Å²) in [6.07, 6.45) is 6.39. The van der Waals surface area contributed by atoms with Crippen LogP contribution in [0.2, 0.25) is 0 Å². The van der Waals surface area contributed by atoms with Crippen molar-refractivity contribution in [2.75, 3.05) is 24.5 Å². The summed E-state index contributed by atoms with van der Waals surface area (Å²) >= 11 is 3.50. The van der Waals surface area contributed by atoms with Crippen molar-refractivity contribution in [1.82, 2.24) is 10.3 Å². The summed E-state index contributed by atoms with van der Waals surface area (Å²) in [7, 11) is 0. The Morgan fingerprint density at radius 1 is 1.50 bits per heavy atom. The van der Waals surface area contributed by atoms with Gasteiger partial charge >= 0.3 is 0 Å². The SMILES string of the molecule is CC(C)CN(CC1CCCN1)c1cncc(Br)c1. The molecule has 1 fully saturated rings. The average molecular weight is 312 g/mol. The van der Waals surface area contributed by atoms with Crippen molar-refractivity contribution in [3.05, 3.63) is 22.9 Å². The van der Waals surface area contributed by atoms with Gasteiger partial charge in [0.25, 0.3) is 0 Å². The summed E-state index contributed by atoms with van der Waals surface area (Å²) in [4.78, 5) is 6.73. The molecule has 0 spiro atoms. The monoisotopic (exact) mass is 311 g/mol. The number of rotatable bonds is 5. The number of halogens is 1. The Morgan fingerprint density at radius 2 is 2.33 bits per heavy atom. The number of nitrogens with one attached hydrogen (secondary N) is 1. The Bertz CT molecular complexity index is 375. The minimum atomic E-state index is 0.628. The quantitative estimate of drug-likeness (QED) is 0.906. The first-order chi connectivity index (χ1) is 8.65. The summed E-state index contributed by atoms with van der Waals surface area (Å²) in [6.45, 7) is 7.85. The van der Waals surface area contributed by atoms with Crippen LogP contribution in [0, 0.1) is 5.92 Å². The molecule has 4 heteroatoms. The maximum atomic E-state index is 4.28. The molecular weight excluding hydrogens is 290 g/mol. The molecule has 1 atom stereocenters. The Hall–Kier alpha value is -0.610. The van der Waals surface area contributed by atoms with Gasteiger partial charge in [-0.25, -0.2) is 0 Å². The van der Waals surface area contributed by atoms with Gasteiger partial charge in [-0.1, -0.05) is 13.8 Å². The number of nitrogens with zero attached hydrogens (tertiary/aromatic N) is 2. The van der Waals surface area contributed by atoms with E-state index in [4.69, 9.17) is 0 Å². The van der Waals surface area contributed by atoms with Gasteiger partial charge in [-0.15, -0.1) is 0 Å². The van der Waals surface area contributed by atoms with Gasteiger partial charge in [-0.2, -0.15) is 0 Å². The Morgan fingerprint density at radius 3 is 2.94 bits per heavy atom. The molecule has 1 unspecified atom stereocenters. The van der Waals surface area contributed by atoms with E-state index < -0.39 is 0 Å². The zero-order valence-electron chi connectivity index (χ0n) is 11.2. The van der Waals surface area contributed by atoms with E-state index in [-0.39, 0.29) is 0 Å². The van der Waals surface area contributed by atoms with E-state index in [2.05, 4.69) is 51.0 Å². The number of anilines is 1. The minimum absolute atomic E-state index is 0.628. The fourth-order valence-corrected chi connectivity index (χ4v) is 2.83. The van der Waals surface area contributed by atoms with Crippen LogP contribution in [0.4, 0.5) is 5.69 Å². The highest BCUT2D eigenvalue weighted by Gasteiger charge is 2.19. The van der Waals surface area contributed by atoms with Gasteiger partial charge in [-0.3, -0.25) is 4.98 Å². The van der Waals surface area contributed by atoms with E-state index in [1.165, 1.54) is 18.5 Å². The highest BCUT2D eigenvalue weighted by Crippen LogP contribution is 2.21. The maximum Gasteiger partial charge on any atom is 0.0564 e. The molecule has 100 valence electrons. The highest BCUT2D eigenvalue weighted by atomic mass is 79.9. The second-order valence-corrected chi connectivity index (χ2v) is 6.37. The van der Waals surface area contributed by atoms with Gasteiger partial charge < -0.3 is 10.2 Å². The Kier molecular flexibility index (Phi) is 5.01. The lowest BCUT2D eigenvalue weighted by Crippen LogP contribution is -2.39. The van der Waals surface area contributed by atoms with Crippen molar-refractivity contribution in [1.29, 1.82) is 0 Å². The molecule has 0 amide bonds. The summed E-state index contributed by atoms with van der Waals surface area (Å²) in [5, 5.41) is 3.57. The van der Waals surface area contributed by atoms with Gasteiger partial charge in [0.2, 0.25) is 0 Å². The van der Waals surface area contributed by atoms with Crippen LogP contribution in [-0.2, 0) is 0 Å². The Balaban J connectivity index is 2.08. The van der Waals surface area contributed by atoms with Gasteiger partial charge in [0.15, 0.2) is 0 Å². The molecule has 0 aromatic carbocycles. The number of pyridine rings is 1. The van der Waals surface area contributed by atoms with Crippen LogP contribution < -0.4 is 10.2 Å². The zero-order valence-corrected chi connectivity index (χ0v) is 12.8. The van der Waals surface area contributed by atoms with E-state index >= 15 is 0 Å². The first-order valence-corrected chi connectivity index (χ1v) is 7.53. The summed E-state index contributed by atoms with van der Waals surface area (Å²) < 4.78 is 1.05. The molecule has 0 saturated carbocycles. The number of aromatic nitrogens is 1. The molecule has 2 heterocycles. The third-order valence-corrected chi connectivity index (χ3v) is 3.68. The summed E-state index contributed by atoms with van der Waals surface area (Å²) in [5.74, 6) is 0.658. The fraction of sp³-hybridized carbons (Fsp3) is 0.643. The van der Waals surface area contributed by atoms with Crippen molar-refractivity contribution >= 4 is 21.6 Å². The van der Waals surface area contributed by atoms with Crippen LogP contribution >= 0.6 is 15.9 Å². The van der Waals surface area contributed by atoms with Gasteiger partial charge in [0.1, 0.15) is 0 Å². The molecule has 1 aliphatic rings. The van der Waals surface area contributed by atoms with Crippen molar-refractivity contribution in [2.45, 2.75) is 32.7 Å². The predicted molar refractivity (Wildman–Crippen MR) is 80.0 cm³/mol. The van der Waals surface area contributed by atoms with E-state index in [1.807, 2.05) is 12.4 Å². The second kappa shape index (κ2) is 6.53. The Labute approximate surface area is 118 Å². The molecule has 3 nitrogen and oxygen atoms in total. The minimum Gasteiger partial charge on any atom is -0.368 e. The molecule has 0 aliphatic carbocycles. The lowest BCUT2D eigenvalue weighted by Gasteiger charge is -2.29. The van der Waals surface area contributed by atoms with Crippen LogP contribution in [0.5, 0.6) is 0 Å². The molecule has 1 saturated heterocycles. The third-order valence-electron chi connectivity index (χ3n) is 3.24. The molecular formula is C14H22BrN3. The van der Waals surface area contributed by atoms with E-state index in [0.29, 0.717) is 12.0 Å². The summed E-state index contributed by atoms with van der Waals surface area (Å²) in [5.41, 5.74) is 1.21. The molecule has 1 aliphatic heterocycles. The van der Waals surface area contributed by atoms with E-state index in [1.54, 1.807) is 0 Å². The molecule has 1 aromatic rings. The molecule has 1 N–H and O–H groups in total. The van der Waals surface area contributed by atoms with Crippen LogP contribution in [0.25, 0.3) is 0 Å². The van der Waals surface area contributed by atoms with Crippen molar-refractivity contribution in [3.63, 3.8) is 0 Å². The van der Waals surface area contributed by atoms with Crippen molar-refractivity contribution in [3.8, 4) is 0 Å². The van der Waals surface area contributed by atoms with Gasteiger partial charge in [0, 0.05) is 29.8 Å². The second-order valence-electron chi connectivity index (χ2n) is 5.45. The molecule has 1 aromatic heterocycles. The first-order valence-electron chi connectivity index (χ1n) is 6.74. The number of hydrogen-bond donors (Lipinski definition) is 1. The predicted octanol–water partition coefficient (Wildman–Crippen LogP) is 3.06. The van der Waals surface area contributed by atoms with E-state index in [0.717, 1.165) is 24.1 Å². The number of hydrogen-bond acceptors (Lipinski definition) is 3. The van der Waals surface area contributed by atoms with Crippen molar-refractivity contribution < 1.29 is 0 Å². The lowest BCUT2D eigenvalue weighted by atomic mass is 10.1. The molecule has 18 heavy (non-hydrogen) atoms. The van der Waals surface area contributed by atoms with Crippen LogP contribution in [0.15, 0.2) is 22.9 Å². The smallest absolute Gasteiger partial charge is 0.0564 e. The van der Waals surface area contributed by atoms with Gasteiger partial charge in [0.05, 0.1) is 11.9 Å². The molecule has 2 rings (SSSR count). The zero-order chi connectivity index (χ0) is 13.0.